The second-order valence-electron chi connectivity index (χ2n) is 2.39. The third-order valence-corrected chi connectivity index (χ3v) is 1.39. The second kappa shape index (κ2) is 3.69. The Kier molecular flexibility index (Phi) is 2.82. The van der Waals surface area contributed by atoms with E-state index in [0.717, 1.165) is 6.08 Å². The smallest absolute Gasteiger partial charge is 0.410 e. The van der Waals surface area contributed by atoms with Crippen molar-refractivity contribution in [2.75, 3.05) is 0 Å². The van der Waals surface area contributed by atoms with Crippen LogP contribution in [-0.4, -0.2) is 11.6 Å². The fraction of sp³-hybridized carbons (Fsp3) is 0.429. The molecule has 6 heteroatoms. The third-order valence-electron chi connectivity index (χ3n) is 1.39. The molecule has 13 heavy (non-hydrogen) atoms. The summed E-state index contributed by atoms with van der Waals surface area (Å²) in [4.78, 5) is 3.77. The van der Waals surface area contributed by atoms with Gasteiger partial charge in [0.1, 0.15) is 5.76 Å². The number of halogens is 3. The topological polar surface area (TPSA) is 38.7 Å². The molecular formula is C7H7F3O3. The molecule has 3 nitrogen and oxygen atoms in total. The van der Waals surface area contributed by atoms with E-state index < -0.39 is 6.36 Å². The van der Waals surface area contributed by atoms with Gasteiger partial charge in [-0.2, -0.15) is 0 Å². The summed E-state index contributed by atoms with van der Waals surface area (Å²) in [7, 11) is 0. The quantitative estimate of drug-likeness (QED) is 0.544. The summed E-state index contributed by atoms with van der Waals surface area (Å²) < 4.78 is 38.7. The van der Waals surface area contributed by atoms with E-state index in [1.807, 2.05) is 0 Å². The minimum absolute atomic E-state index is 0.0366. The monoisotopic (exact) mass is 196 g/mol. The van der Waals surface area contributed by atoms with Crippen LogP contribution in [0.1, 0.15) is 12.8 Å². The van der Waals surface area contributed by atoms with Crippen molar-refractivity contribution in [2.45, 2.75) is 19.2 Å². The van der Waals surface area contributed by atoms with Gasteiger partial charge in [-0.05, 0) is 12.5 Å². The van der Waals surface area contributed by atoms with Crippen molar-refractivity contribution < 1.29 is 28.1 Å². The van der Waals surface area contributed by atoms with Gasteiger partial charge in [0.25, 0.3) is 0 Å². The molecule has 0 radical (unpaired) electrons. The number of hydrogen-bond donors (Lipinski definition) is 1. The second-order valence-corrected chi connectivity index (χ2v) is 2.39. The molecule has 0 heterocycles. The highest BCUT2D eigenvalue weighted by atomic mass is 19.4. The Labute approximate surface area is 72.0 Å². The summed E-state index contributed by atoms with van der Waals surface area (Å²) in [6.07, 6.45) is -1.74. The molecular weight excluding hydrogens is 189 g/mol. The first kappa shape index (κ1) is 9.91. The van der Waals surface area contributed by atoms with Crippen molar-refractivity contribution >= 4 is 0 Å². The van der Waals surface area contributed by atoms with E-state index in [-0.39, 0.29) is 17.9 Å². The van der Waals surface area contributed by atoms with E-state index in [4.69, 9.17) is 5.26 Å². The first-order valence-electron chi connectivity index (χ1n) is 3.49. The minimum Gasteiger partial charge on any atom is -0.410 e. The Morgan fingerprint density at radius 2 is 2.08 bits per heavy atom. The maximum atomic E-state index is 11.7. The zero-order valence-corrected chi connectivity index (χ0v) is 6.47. The van der Waals surface area contributed by atoms with Gasteiger partial charge in [-0.15, -0.1) is 13.2 Å². The molecule has 0 atom stereocenters. The molecule has 0 saturated heterocycles. The van der Waals surface area contributed by atoms with Crippen LogP contribution in [0.25, 0.3) is 0 Å². The van der Waals surface area contributed by atoms with Crippen LogP contribution in [0, 0.1) is 0 Å². The normalized spacial score (nSPS) is 17.5. The summed E-state index contributed by atoms with van der Waals surface area (Å²) in [5, 5.41) is 8.16. The van der Waals surface area contributed by atoms with E-state index in [2.05, 4.69) is 9.62 Å². The first-order valence-corrected chi connectivity index (χ1v) is 3.49. The molecule has 0 bridgehead atoms. The lowest BCUT2D eigenvalue weighted by Crippen LogP contribution is -2.14. The number of ether oxygens (including phenoxy) is 1. The molecule has 0 aromatic carbocycles. The van der Waals surface area contributed by atoms with Crippen LogP contribution in [0.4, 0.5) is 13.2 Å². The van der Waals surface area contributed by atoms with Gasteiger partial charge >= 0.3 is 6.36 Å². The van der Waals surface area contributed by atoms with Gasteiger partial charge in [-0.25, -0.2) is 5.26 Å². The molecule has 0 spiro atoms. The maximum Gasteiger partial charge on any atom is 0.572 e. The molecule has 0 fully saturated rings. The molecule has 1 aliphatic rings. The Morgan fingerprint density at radius 3 is 2.62 bits per heavy atom. The predicted molar refractivity (Wildman–Crippen MR) is 36.3 cm³/mol. The Bertz CT molecular complexity index is 242. The molecule has 0 aliphatic heterocycles. The van der Waals surface area contributed by atoms with E-state index >= 15 is 0 Å². The van der Waals surface area contributed by atoms with E-state index in [1.165, 1.54) is 6.08 Å². The lowest BCUT2D eigenvalue weighted by molar-refractivity contribution is -0.306. The van der Waals surface area contributed by atoms with Gasteiger partial charge in [0.05, 0.1) is 0 Å². The lowest BCUT2D eigenvalue weighted by atomic mass is 10.1. The zero-order chi connectivity index (χ0) is 9.90. The van der Waals surface area contributed by atoms with Crippen LogP contribution in [0.2, 0.25) is 0 Å². The molecule has 0 saturated carbocycles. The van der Waals surface area contributed by atoms with Crippen molar-refractivity contribution in [2.24, 2.45) is 0 Å². The van der Waals surface area contributed by atoms with Gasteiger partial charge < -0.3 is 9.62 Å². The van der Waals surface area contributed by atoms with E-state index in [0.29, 0.717) is 6.42 Å². The minimum atomic E-state index is -4.69. The fourth-order valence-electron chi connectivity index (χ4n) is 0.939. The highest BCUT2D eigenvalue weighted by Crippen LogP contribution is 2.26. The summed E-state index contributed by atoms with van der Waals surface area (Å²) in [5.41, 5.74) is 0. The van der Waals surface area contributed by atoms with Gasteiger partial charge in [-0.1, -0.05) is 0 Å². The Balaban J connectivity index is 2.61. The number of alkyl halides is 3. The van der Waals surface area contributed by atoms with Crippen molar-refractivity contribution in [3.8, 4) is 0 Å². The van der Waals surface area contributed by atoms with Crippen molar-refractivity contribution in [1.82, 2.24) is 0 Å². The summed E-state index contributed by atoms with van der Waals surface area (Å²) in [6.45, 7) is 0. The highest BCUT2D eigenvalue weighted by molar-refractivity contribution is 5.19. The van der Waals surface area contributed by atoms with Gasteiger partial charge in [0, 0.05) is 12.5 Å². The number of allylic oxidation sites excluding steroid dienone is 3. The standard InChI is InChI=1S/C7H7F3O3/c8-7(9,10)12-5-2-1-3-6(4-5)13-11/h3-4,11H,1-2H2. The Morgan fingerprint density at radius 1 is 1.38 bits per heavy atom. The summed E-state index contributed by atoms with van der Waals surface area (Å²) in [6, 6.07) is 0. The summed E-state index contributed by atoms with van der Waals surface area (Å²) in [5.74, 6) is -0.301. The largest absolute Gasteiger partial charge is 0.572 e. The van der Waals surface area contributed by atoms with Crippen molar-refractivity contribution in [3.63, 3.8) is 0 Å². The lowest BCUT2D eigenvalue weighted by Gasteiger charge is -2.14. The number of rotatable bonds is 2. The average Bonchev–Trinajstić information content (AvgIpc) is 2.01. The van der Waals surface area contributed by atoms with Crippen LogP contribution < -0.4 is 0 Å². The first-order chi connectivity index (χ1) is 6.01. The van der Waals surface area contributed by atoms with E-state index in [1.54, 1.807) is 0 Å². The van der Waals surface area contributed by atoms with Crippen LogP contribution in [0.3, 0.4) is 0 Å². The van der Waals surface area contributed by atoms with Crippen LogP contribution >= 0.6 is 0 Å². The van der Waals surface area contributed by atoms with Crippen LogP contribution in [-0.2, 0) is 9.62 Å². The molecule has 0 aromatic rings. The number of hydrogen-bond acceptors (Lipinski definition) is 3. The van der Waals surface area contributed by atoms with Crippen molar-refractivity contribution in [1.29, 1.82) is 0 Å². The maximum absolute atomic E-state index is 11.7. The molecule has 1 aliphatic carbocycles. The molecule has 1 rings (SSSR count). The van der Waals surface area contributed by atoms with Crippen LogP contribution in [0.15, 0.2) is 23.7 Å². The Hall–Kier alpha value is -1.17. The predicted octanol–water partition coefficient (Wildman–Crippen LogP) is 2.57. The molecule has 74 valence electrons. The molecule has 0 aromatic heterocycles. The third kappa shape index (κ3) is 3.37. The van der Waals surface area contributed by atoms with Gasteiger partial charge in [0.2, 0.25) is 0 Å². The fourth-order valence-corrected chi connectivity index (χ4v) is 0.939. The van der Waals surface area contributed by atoms with E-state index in [9.17, 15) is 13.2 Å². The zero-order valence-electron chi connectivity index (χ0n) is 6.47. The average molecular weight is 196 g/mol. The highest BCUT2D eigenvalue weighted by Gasteiger charge is 2.32. The molecule has 1 N–H and O–H groups in total. The van der Waals surface area contributed by atoms with Gasteiger partial charge in [-0.3, -0.25) is 0 Å². The summed E-state index contributed by atoms with van der Waals surface area (Å²) >= 11 is 0. The molecule has 0 unspecified atom stereocenters. The van der Waals surface area contributed by atoms with Crippen LogP contribution in [0.5, 0.6) is 0 Å². The molecule has 0 amide bonds. The van der Waals surface area contributed by atoms with Gasteiger partial charge in [0.15, 0.2) is 5.76 Å². The van der Waals surface area contributed by atoms with Crippen molar-refractivity contribution in [3.05, 3.63) is 23.7 Å². The SMILES string of the molecule is OOC1=CCCC(OC(F)(F)F)=C1.